The maximum Gasteiger partial charge on any atom is 0.410 e. The Morgan fingerprint density at radius 3 is 2.10 bits per heavy atom. The van der Waals surface area contributed by atoms with Gasteiger partial charge in [-0.05, 0) is 17.0 Å². The van der Waals surface area contributed by atoms with Crippen LogP contribution < -0.4 is 0 Å². The Hall–Kier alpha value is -2.86. The average Bonchev–Trinajstić information content (AvgIpc) is 3.13. The Morgan fingerprint density at radius 2 is 1.59 bits per heavy atom. The minimum atomic E-state index is -0.875. The van der Waals surface area contributed by atoms with Crippen molar-refractivity contribution >= 4 is 12.1 Å². The van der Waals surface area contributed by atoms with E-state index in [1.807, 2.05) is 74.5 Å². The molecule has 29 heavy (non-hydrogen) atoms. The Balaban J connectivity index is 1.78. The quantitative estimate of drug-likeness (QED) is 0.755. The number of β-amino-alcohol motifs (C(OH)–C–C–N with tert-alkyl or cyclic N) is 1. The summed E-state index contributed by atoms with van der Waals surface area (Å²) in [5.74, 6) is -0.377. The molecule has 2 atom stereocenters. The monoisotopic (exact) mass is 397 g/mol. The van der Waals surface area contributed by atoms with Gasteiger partial charge in [0.1, 0.15) is 6.04 Å². The zero-order valence-electron chi connectivity index (χ0n) is 16.7. The fourth-order valence-electron chi connectivity index (χ4n) is 3.34. The molecular weight excluding hydrogens is 370 g/mol. The van der Waals surface area contributed by atoms with Gasteiger partial charge < -0.3 is 14.6 Å². The summed E-state index contributed by atoms with van der Waals surface area (Å²) >= 11 is 0. The van der Waals surface area contributed by atoms with Crippen molar-refractivity contribution in [1.29, 1.82) is 0 Å². The number of nitrogens with zero attached hydrogens (tertiary/aromatic N) is 1. The maximum atomic E-state index is 13.0. The van der Waals surface area contributed by atoms with Crippen LogP contribution in [-0.4, -0.2) is 47.4 Å². The van der Waals surface area contributed by atoms with Crippen LogP contribution in [0.3, 0.4) is 0 Å². The van der Waals surface area contributed by atoms with Gasteiger partial charge in [-0.15, -0.1) is 0 Å². The first-order chi connectivity index (χ1) is 14.0. The highest BCUT2D eigenvalue weighted by atomic mass is 16.6. The highest BCUT2D eigenvalue weighted by Crippen LogP contribution is 2.29. The van der Waals surface area contributed by atoms with Crippen LogP contribution in [-0.2, 0) is 14.3 Å². The van der Waals surface area contributed by atoms with Crippen molar-refractivity contribution in [2.24, 2.45) is 5.92 Å². The predicted octanol–water partition coefficient (Wildman–Crippen LogP) is 3.55. The standard InChI is InChI=1S/C23H27NO5/c1-16(2)15-28-23(27)24-14-19(25)13-20(24)22(26)29-21(17-9-5-3-6-10-17)18-11-7-4-8-12-18/h3-12,16,19-21,25H,13-15H2,1-2H3/t19-,20+/m1/s1. The molecule has 1 saturated heterocycles. The Morgan fingerprint density at radius 1 is 1.03 bits per heavy atom. The van der Waals surface area contributed by atoms with Gasteiger partial charge in [-0.2, -0.15) is 0 Å². The topological polar surface area (TPSA) is 76.1 Å². The molecule has 1 amide bonds. The minimum absolute atomic E-state index is 0.0536. The summed E-state index contributed by atoms with van der Waals surface area (Å²) in [6.45, 7) is 4.17. The van der Waals surface area contributed by atoms with Crippen molar-refractivity contribution < 1.29 is 24.2 Å². The molecule has 2 aromatic carbocycles. The molecule has 6 heteroatoms. The lowest BCUT2D eigenvalue weighted by atomic mass is 10.0. The number of aliphatic hydroxyl groups excluding tert-OH is 1. The lowest BCUT2D eigenvalue weighted by molar-refractivity contribution is -0.152. The summed E-state index contributed by atoms with van der Waals surface area (Å²) in [6, 6.07) is 18.0. The summed E-state index contributed by atoms with van der Waals surface area (Å²) in [7, 11) is 0. The Kier molecular flexibility index (Phi) is 6.88. The lowest BCUT2D eigenvalue weighted by Gasteiger charge is -2.26. The number of hydrogen-bond acceptors (Lipinski definition) is 5. The summed E-state index contributed by atoms with van der Waals surface area (Å²) in [5, 5.41) is 10.1. The zero-order valence-corrected chi connectivity index (χ0v) is 16.7. The highest BCUT2D eigenvalue weighted by molar-refractivity contribution is 5.82. The van der Waals surface area contributed by atoms with Crippen LogP contribution >= 0.6 is 0 Å². The number of rotatable bonds is 6. The molecule has 0 bridgehead atoms. The second-order valence-corrected chi connectivity index (χ2v) is 7.67. The summed E-state index contributed by atoms with van der Waals surface area (Å²) in [5.41, 5.74) is 1.67. The average molecular weight is 397 g/mol. The lowest BCUT2D eigenvalue weighted by Crippen LogP contribution is -2.42. The van der Waals surface area contributed by atoms with Crippen molar-refractivity contribution in [1.82, 2.24) is 4.90 Å². The molecular formula is C23H27NO5. The van der Waals surface area contributed by atoms with Gasteiger partial charge in [-0.25, -0.2) is 9.59 Å². The van der Waals surface area contributed by atoms with E-state index in [9.17, 15) is 14.7 Å². The number of esters is 1. The summed E-state index contributed by atoms with van der Waals surface area (Å²) < 4.78 is 11.1. The van der Waals surface area contributed by atoms with Crippen LogP contribution in [0.15, 0.2) is 60.7 Å². The van der Waals surface area contributed by atoms with E-state index < -0.39 is 30.3 Å². The molecule has 1 aliphatic rings. The van der Waals surface area contributed by atoms with Crippen LogP contribution in [0.25, 0.3) is 0 Å². The van der Waals surface area contributed by atoms with E-state index in [0.29, 0.717) is 0 Å². The number of carbonyl (C=O) groups is 2. The number of likely N-dealkylation sites (tertiary alicyclic amines) is 1. The zero-order chi connectivity index (χ0) is 20.8. The second kappa shape index (κ2) is 9.56. The normalized spacial score (nSPS) is 18.9. The first-order valence-corrected chi connectivity index (χ1v) is 9.87. The van der Waals surface area contributed by atoms with E-state index in [0.717, 1.165) is 11.1 Å². The molecule has 1 aliphatic heterocycles. The van der Waals surface area contributed by atoms with Gasteiger partial charge in [-0.3, -0.25) is 4.90 Å². The maximum absolute atomic E-state index is 13.0. The van der Waals surface area contributed by atoms with Crippen LogP contribution in [0.2, 0.25) is 0 Å². The van der Waals surface area contributed by atoms with Crippen LogP contribution in [0, 0.1) is 5.92 Å². The third kappa shape index (κ3) is 5.35. The minimum Gasteiger partial charge on any atom is -0.451 e. The van der Waals surface area contributed by atoms with Crippen molar-refractivity contribution in [3.05, 3.63) is 71.8 Å². The van der Waals surface area contributed by atoms with E-state index in [1.54, 1.807) is 0 Å². The van der Waals surface area contributed by atoms with Crippen molar-refractivity contribution in [2.75, 3.05) is 13.2 Å². The first-order valence-electron chi connectivity index (χ1n) is 9.87. The highest BCUT2D eigenvalue weighted by Gasteiger charge is 2.41. The van der Waals surface area contributed by atoms with Gasteiger partial charge in [0.05, 0.1) is 19.3 Å². The first kappa shape index (κ1) is 20.9. The smallest absolute Gasteiger partial charge is 0.410 e. The fourth-order valence-corrected chi connectivity index (χ4v) is 3.34. The number of ether oxygens (including phenoxy) is 2. The largest absolute Gasteiger partial charge is 0.451 e. The van der Waals surface area contributed by atoms with Gasteiger partial charge in [0.2, 0.25) is 0 Å². The van der Waals surface area contributed by atoms with Gasteiger partial charge in [0, 0.05) is 6.42 Å². The Labute approximate surface area is 171 Å². The van der Waals surface area contributed by atoms with E-state index in [4.69, 9.17) is 9.47 Å². The van der Waals surface area contributed by atoms with E-state index >= 15 is 0 Å². The van der Waals surface area contributed by atoms with Crippen LogP contribution in [0.5, 0.6) is 0 Å². The van der Waals surface area contributed by atoms with Crippen molar-refractivity contribution in [2.45, 2.75) is 38.5 Å². The number of benzene rings is 2. The molecule has 0 radical (unpaired) electrons. The van der Waals surface area contributed by atoms with Crippen LogP contribution in [0.1, 0.15) is 37.5 Å². The Bertz CT molecular complexity index is 769. The van der Waals surface area contributed by atoms with E-state index in [1.165, 1.54) is 4.90 Å². The van der Waals surface area contributed by atoms with E-state index in [2.05, 4.69) is 0 Å². The SMILES string of the molecule is CC(C)COC(=O)N1C[C@H](O)C[C@H]1C(=O)OC(c1ccccc1)c1ccccc1. The number of carbonyl (C=O) groups excluding carboxylic acids is 2. The summed E-state index contributed by atoms with van der Waals surface area (Å²) in [6.07, 6.45) is -1.86. The fraction of sp³-hybridized carbons (Fsp3) is 0.391. The van der Waals surface area contributed by atoms with Crippen LogP contribution in [0.4, 0.5) is 4.79 Å². The molecule has 1 N–H and O–H groups in total. The molecule has 1 heterocycles. The molecule has 0 saturated carbocycles. The number of aliphatic hydroxyl groups is 1. The van der Waals surface area contributed by atoms with Gasteiger partial charge >= 0.3 is 12.1 Å². The third-order valence-corrected chi connectivity index (χ3v) is 4.76. The molecule has 2 aromatic rings. The summed E-state index contributed by atoms with van der Waals surface area (Å²) in [4.78, 5) is 26.7. The molecule has 0 unspecified atom stereocenters. The molecule has 154 valence electrons. The molecule has 1 fully saturated rings. The third-order valence-electron chi connectivity index (χ3n) is 4.76. The van der Waals surface area contributed by atoms with Gasteiger partial charge in [-0.1, -0.05) is 74.5 Å². The van der Waals surface area contributed by atoms with Crippen molar-refractivity contribution in [3.8, 4) is 0 Å². The van der Waals surface area contributed by atoms with E-state index in [-0.39, 0.29) is 25.5 Å². The van der Waals surface area contributed by atoms with Gasteiger partial charge in [0.25, 0.3) is 0 Å². The predicted molar refractivity (Wildman–Crippen MR) is 108 cm³/mol. The molecule has 0 spiro atoms. The van der Waals surface area contributed by atoms with Gasteiger partial charge in [0.15, 0.2) is 6.10 Å². The van der Waals surface area contributed by atoms with Crippen molar-refractivity contribution in [3.63, 3.8) is 0 Å². The molecule has 0 aromatic heterocycles. The molecule has 3 rings (SSSR count). The number of hydrogen-bond donors (Lipinski definition) is 1. The molecule has 0 aliphatic carbocycles. The second-order valence-electron chi connectivity index (χ2n) is 7.67. The molecule has 6 nitrogen and oxygen atoms in total. The number of amides is 1.